The van der Waals surface area contributed by atoms with Crippen molar-refractivity contribution >= 4 is 8.41 Å². The van der Waals surface area contributed by atoms with Gasteiger partial charge in [0.25, 0.3) is 0 Å². The maximum atomic E-state index is 9.12. The second-order valence-corrected chi connectivity index (χ2v) is 0.0583. The molecule has 0 atom stereocenters. The molecular formula is H3BF2FeNdO. The molecule has 38 valence electrons. The van der Waals surface area contributed by atoms with Gasteiger partial charge in [0.15, 0.2) is 0 Å². The van der Waals surface area contributed by atoms with Crippen molar-refractivity contribution in [1.29, 1.82) is 0 Å². The van der Waals surface area contributed by atoms with Crippen LogP contribution in [0.5, 0.6) is 0 Å². The molecule has 0 aromatic carbocycles. The summed E-state index contributed by atoms with van der Waals surface area (Å²) in [5.41, 5.74) is 0. The molecule has 1 nitrogen and oxygen atoms in total. The first-order chi connectivity index (χ1) is 1.41. The van der Waals surface area contributed by atoms with Gasteiger partial charge in [-0.25, -0.2) is 0 Å². The molecule has 0 fully saturated rings. The van der Waals surface area contributed by atoms with E-state index < -0.39 is 0 Å². The van der Waals surface area contributed by atoms with Crippen LogP contribution in [0.15, 0.2) is 0 Å². The third-order valence-electron chi connectivity index (χ3n) is 0. The Morgan fingerprint density at radius 1 is 1.17 bits per heavy atom. The van der Waals surface area contributed by atoms with Gasteiger partial charge in [0.05, 0.1) is 8.41 Å². The van der Waals surface area contributed by atoms with Crippen LogP contribution in [0, 0.1) is 40.8 Å². The number of hydrogen-bond acceptors (Lipinski definition) is 1. The van der Waals surface area contributed by atoms with Gasteiger partial charge in [0.1, 0.15) is 0 Å². The van der Waals surface area contributed by atoms with E-state index in [1.807, 2.05) is 0 Å². The molecule has 0 heterocycles. The van der Waals surface area contributed by atoms with Crippen LogP contribution in [-0.4, -0.2) is 8.41 Å². The van der Waals surface area contributed by atoms with E-state index in [1.54, 1.807) is 0 Å². The zero-order chi connectivity index (χ0) is 2.71. The minimum absolute atomic E-state index is 0. The molecule has 0 aliphatic heterocycles. The van der Waals surface area contributed by atoms with Crippen molar-refractivity contribution in [3.63, 3.8) is 0 Å². The minimum atomic E-state index is 0. The summed E-state index contributed by atoms with van der Waals surface area (Å²) in [7, 11) is 0. The van der Waals surface area contributed by atoms with Crippen molar-refractivity contribution in [2.75, 3.05) is 0 Å². The molecule has 0 aliphatic rings. The standard InChI is InChI=1S/BH3.F2O.Fe.Nd/c;1-3-2;;/h1H3;;;. The van der Waals surface area contributed by atoms with Gasteiger partial charge in [-0.15, -0.1) is 0 Å². The van der Waals surface area contributed by atoms with Gasteiger partial charge < -0.3 is 0 Å². The van der Waals surface area contributed by atoms with Gasteiger partial charge in [0, 0.05) is 63.1 Å². The van der Waals surface area contributed by atoms with E-state index >= 15 is 0 Å². The zero-order valence-electron chi connectivity index (χ0n) is 2.02. The third-order valence-corrected chi connectivity index (χ3v) is 0. The fourth-order valence-electron chi connectivity index (χ4n) is 0. The maximum Gasteiger partial charge on any atom is 0.0814 e. The number of rotatable bonds is 0. The van der Waals surface area contributed by atoms with E-state index in [4.69, 9.17) is 9.05 Å². The summed E-state index contributed by atoms with van der Waals surface area (Å²) in [5.74, 6) is 0. The molecule has 0 saturated heterocycles. The van der Waals surface area contributed by atoms with Crippen molar-refractivity contribution in [2.45, 2.75) is 0 Å². The average Bonchev–Trinajstić information content (AvgIpc) is 0.918. The Hall–Kier alpha value is 1.76. The topological polar surface area (TPSA) is 9.23 Å². The first-order valence-corrected chi connectivity index (χ1v) is 0.309. The summed E-state index contributed by atoms with van der Waals surface area (Å²) in [5, 5.41) is 1.25. The van der Waals surface area contributed by atoms with Crippen LogP contribution in [0.3, 0.4) is 0 Å². The molecule has 6 heavy (non-hydrogen) atoms. The molecule has 0 amide bonds. The van der Waals surface area contributed by atoms with E-state index in [0.717, 1.165) is 0 Å². The quantitative estimate of drug-likeness (QED) is 0.542. The number of halogens is 2. The van der Waals surface area contributed by atoms with Crippen molar-refractivity contribution < 1.29 is 72.1 Å². The fraction of sp³-hybridized carbons (Fsp3) is 0. The predicted octanol–water partition coefficient (Wildman–Crippen LogP) is -0.414. The van der Waals surface area contributed by atoms with Crippen molar-refractivity contribution in [2.24, 2.45) is 0 Å². The van der Waals surface area contributed by atoms with Crippen LogP contribution in [0.4, 0.5) is 9.05 Å². The average molecular weight is 268 g/mol. The minimum Gasteiger partial charge on any atom is -0.0104 e. The Morgan fingerprint density at radius 3 is 1.17 bits per heavy atom. The Morgan fingerprint density at radius 2 is 1.17 bits per heavy atom. The second-order valence-electron chi connectivity index (χ2n) is 0.0583. The Balaban J connectivity index is -0.00000000667. The molecule has 0 saturated carbocycles. The first-order valence-electron chi connectivity index (χ1n) is 0.309. The van der Waals surface area contributed by atoms with Gasteiger partial charge in [-0.1, -0.05) is 0 Å². The van der Waals surface area contributed by atoms with Crippen molar-refractivity contribution in [3.05, 3.63) is 0 Å². The van der Waals surface area contributed by atoms with E-state index in [9.17, 15) is 0 Å². The molecule has 0 radical (unpaired) electrons. The fourth-order valence-corrected chi connectivity index (χ4v) is 0. The molecule has 0 rings (SSSR count). The van der Waals surface area contributed by atoms with Gasteiger partial charge >= 0.3 is 0 Å². The largest absolute Gasteiger partial charge is 0.0814 e. The monoisotopic (exact) mass is 266 g/mol. The summed E-state index contributed by atoms with van der Waals surface area (Å²) in [6, 6.07) is 0. The van der Waals surface area contributed by atoms with Crippen LogP contribution >= 0.6 is 0 Å². The Kier molecular flexibility index (Phi) is 123. The van der Waals surface area contributed by atoms with Gasteiger partial charge in [-0.2, -0.15) is 0 Å². The molecule has 0 aromatic heterocycles. The van der Waals surface area contributed by atoms with E-state index in [1.165, 1.54) is 5.15 Å². The first kappa shape index (κ1) is 25.1. The smallest absolute Gasteiger partial charge is 0.0104 e. The predicted molar refractivity (Wildman–Crippen MR) is 13.2 cm³/mol. The summed E-state index contributed by atoms with van der Waals surface area (Å²) in [4.78, 5) is 0. The summed E-state index contributed by atoms with van der Waals surface area (Å²) in [6.45, 7) is 0. The van der Waals surface area contributed by atoms with Crippen LogP contribution < -0.4 is 0 Å². The molecule has 0 aliphatic carbocycles. The van der Waals surface area contributed by atoms with Crippen molar-refractivity contribution in [3.8, 4) is 0 Å². The van der Waals surface area contributed by atoms with Crippen molar-refractivity contribution in [1.82, 2.24) is 0 Å². The molecule has 0 spiro atoms. The molecule has 0 aromatic rings. The Labute approximate surface area is 79.6 Å². The van der Waals surface area contributed by atoms with Crippen LogP contribution in [0.2, 0.25) is 0 Å². The van der Waals surface area contributed by atoms with Crippen LogP contribution in [0.1, 0.15) is 0 Å². The maximum absolute atomic E-state index is 9.12. The van der Waals surface area contributed by atoms with Gasteiger partial charge in [-0.3, -0.25) is 0 Å². The summed E-state index contributed by atoms with van der Waals surface area (Å²) in [6.07, 6.45) is 0. The van der Waals surface area contributed by atoms with E-state index in [-0.39, 0.29) is 66.3 Å². The zero-order valence-corrected chi connectivity index (χ0v) is 6.33. The molecule has 6 heteroatoms. The van der Waals surface area contributed by atoms with Gasteiger partial charge in [0.2, 0.25) is 0 Å². The number of hydrogen-bond donors (Lipinski definition) is 0. The van der Waals surface area contributed by atoms with Crippen LogP contribution in [-0.2, 0) is 22.2 Å². The third kappa shape index (κ3) is 42.2. The van der Waals surface area contributed by atoms with Gasteiger partial charge in [-0.05, 0) is 9.05 Å². The molecule has 0 bridgehead atoms. The molecule has 0 N–H and O–H groups in total. The van der Waals surface area contributed by atoms with E-state index in [0.29, 0.717) is 0 Å². The normalized spacial score (nSPS) is 3.00. The van der Waals surface area contributed by atoms with Crippen LogP contribution in [0.25, 0.3) is 0 Å². The molecule has 0 unspecified atom stereocenters. The summed E-state index contributed by atoms with van der Waals surface area (Å²) >= 11 is 0. The SMILES string of the molecule is B.FOF.[Fe].[Nd]. The molecular weight excluding hydrogens is 265 g/mol. The Bertz CT molecular complexity index is 13.5. The second kappa shape index (κ2) is 29.5. The van der Waals surface area contributed by atoms with E-state index in [2.05, 4.69) is 0 Å². The summed E-state index contributed by atoms with van der Waals surface area (Å²) < 4.78 is 18.2.